The van der Waals surface area contributed by atoms with Crippen molar-refractivity contribution in [2.24, 2.45) is 0 Å². The Bertz CT molecular complexity index is 440. The molecule has 3 nitrogen and oxygen atoms in total. The predicted octanol–water partition coefficient (Wildman–Crippen LogP) is 1.69. The quantitative estimate of drug-likeness (QED) is 0.502. The van der Waals surface area contributed by atoms with Crippen molar-refractivity contribution in [1.82, 2.24) is 4.98 Å². The molecule has 70 valence electrons. The van der Waals surface area contributed by atoms with E-state index in [2.05, 4.69) is 4.98 Å². The van der Waals surface area contributed by atoms with Crippen LogP contribution < -0.4 is 4.73 Å². The molecule has 0 unspecified atom stereocenters. The fraction of sp³-hybridized carbons (Fsp3) is 0.0909. The Kier molecular flexibility index (Phi) is 2.14. The van der Waals surface area contributed by atoms with E-state index in [1.807, 2.05) is 30.3 Å². The average Bonchev–Trinajstić information content (AvgIpc) is 2.19. The van der Waals surface area contributed by atoms with Crippen molar-refractivity contribution in [3.05, 3.63) is 53.6 Å². The SMILES string of the molecule is Cc1c[n+]([O-])c(-c2ccccc2)cn1. The van der Waals surface area contributed by atoms with Crippen LogP contribution in [0.2, 0.25) is 0 Å². The van der Waals surface area contributed by atoms with Crippen molar-refractivity contribution in [2.75, 3.05) is 0 Å². The number of hydrogen-bond donors (Lipinski definition) is 0. The third-order valence-electron chi connectivity index (χ3n) is 2.00. The molecule has 0 saturated heterocycles. The Labute approximate surface area is 82.3 Å². The lowest BCUT2D eigenvalue weighted by Gasteiger charge is -2.03. The van der Waals surface area contributed by atoms with E-state index in [-0.39, 0.29) is 0 Å². The summed E-state index contributed by atoms with van der Waals surface area (Å²) < 4.78 is 0.845. The van der Waals surface area contributed by atoms with E-state index in [4.69, 9.17) is 0 Å². The molecule has 0 spiro atoms. The number of hydrogen-bond acceptors (Lipinski definition) is 2. The van der Waals surface area contributed by atoms with E-state index in [0.29, 0.717) is 5.69 Å². The van der Waals surface area contributed by atoms with Crippen molar-refractivity contribution < 1.29 is 4.73 Å². The molecule has 0 N–H and O–H groups in total. The van der Waals surface area contributed by atoms with E-state index in [1.165, 1.54) is 6.20 Å². The van der Waals surface area contributed by atoms with Gasteiger partial charge in [-0.15, -0.1) is 0 Å². The minimum absolute atomic E-state index is 0.580. The van der Waals surface area contributed by atoms with Gasteiger partial charge in [-0.05, 0) is 19.1 Å². The van der Waals surface area contributed by atoms with E-state index in [9.17, 15) is 5.21 Å². The van der Waals surface area contributed by atoms with Gasteiger partial charge in [-0.3, -0.25) is 0 Å². The Morgan fingerprint density at radius 1 is 1.21 bits per heavy atom. The molecular formula is C11H10N2O. The van der Waals surface area contributed by atoms with Crippen molar-refractivity contribution in [1.29, 1.82) is 0 Å². The Morgan fingerprint density at radius 2 is 1.93 bits per heavy atom. The first kappa shape index (κ1) is 8.69. The summed E-state index contributed by atoms with van der Waals surface area (Å²) in [5, 5.41) is 11.5. The summed E-state index contributed by atoms with van der Waals surface area (Å²) in [5.41, 5.74) is 2.19. The van der Waals surface area contributed by atoms with E-state index >= 15 is 0 Å². The molecule has 3 heteroatoms. The minimum Gasteiger partial charge on any atom is -0.618 e. The molecule has 14 heavy (non-hydrogen) atoms. The summed E-state index contributed by atoms with van der Waals surface area (Å²) in [4.78, 5) is 4.10. The zero-order valence-corrected chi connectivity index (χ0v) is 7.84. The number of benzene rings is 1. The summed E-state index contributed by atoms with van der Waals surface area (Å²) in [6, 6.07) is 9.49. The first-order valence-corrected chi connectivity index (χ1v) is 4.38. The lowest BCUT2D eigenvalue weighted by molar-refractivity contribution is -0.594. The largest absolute Gasteiger partial charge is 0.618 e. The van der Waals surface area contributed by atoms with Gasteiger partial charge in [-0.25, -0.2) is 4.98 Å². The Morgan fingerprint density at radius 3 is 2.57 bits per heavy atom. The topological polar surface area (TPSA) is 39.8 Å². The molecule has 0 saturated carbocycles. The molecule has 0 aliphatic rings. The highest BCUT2D eigenvalue weighted by molar-refractivity contribution is 5.54. The fourth-order valence-corrected chi connectivity index (χ4v) is 1.30. The standard InChI is InChI=1S/C11H10N2O/c1-9-8-13(14)11(7-12-9)10-5-3-2-4-6-10/h2-8H,1H3. The second kappa shape index (κ2) is 3.46. The maximum absolute atomic E-state index is 11.5. The highest BCUT2D eigenvalue weighted by Crippen LogP contribution is 2.12. The van der Waals surface area contributed by atoms with Crippen LogP contribution in [0.3, 0.4) is 0 Å². The Balaban J connectivity index is 2.53. The van der Waals surface area contributed by atoms with Crippen LogP contribution in [-0.4, -0.2) is 4.98 Å². The molecule has 1 aromatic carbocycles. The predicted molar refractivity (Wildman–Crippen MR) is 53.4 cm³/mol. The summed E-state index contributed by atoms with van der Waals surface area (Å²) in [5.74, 6) is 0. The van der Waals surface area contributed by atoms with Gasteiger partial charge in [0, 0.05) is 5.56 Å². The van der Waals surface area contributed by atoms with E-state index < -0.39 is 0 Å². The number of rotatable bonds is 1. The van der Waals surface area contributed by atoms with Gasteiger partial charge in [-0.1, -0.05) is 18.2 Å². The van der Waals surface area contributed by atoms with Crippen molar-refractivity contribution in [3.63, 3.8) is 0 Å². The highest BCUT2D eigenvalue weighted by Gasteiger charge is 2.07. The monoisotopic (exact) mass is 186 g/mol. The van der Waals surface area contributed by atoms with Crippen LogP contribution in [0, 0.1) is 12.1 Å². The van der Waals surface area contributed by atoms with Gasteiger partial charge in [0.05, 0.1) is 0 Å². The average molecular weight is 186 g/mol. The first-order chi connectivity index (χ1) is 6.77. The third-order valence-corrected chi connectivity index (χ3v) is 2.00. The zero-order chi connectivity index (χ0) is 9.97. The highest BCUT2D eigenvalue weighted by atomic mass is 16.5. The van der Waals surface area contributed by atoms with Gasteiger partial charge < -0.3 is 5.21 Å². The zero-order valence-electron chi connectivity index (χ0n) is 7.84. The van der Waals surface area contributed by atoms with Crippen molar-refractivity contribution in [3.8, 4) is 11.3 Å². The van der Waals surface area contributed by atoms with Crippen LogP contribution in [0.25, 0.3) is 11.3 Å². The number of nitrogens with zero attached hydrogens (tertiary/aromatic N) is 2. The van der Waals surface area contributed by atoms with Crippen LogP contribution in [0.5, 0.6) is 0 Å². The summed E-state index contributed by atoms with van der Waals surface area (Å²) >= 11 is 0. The second-order valence-electron chi connectivity index (χ2n) is 3.11. The molecule has 1 heterocycles. The normalized spacial score (nSPS) is 10.1. The molecule has 0 amide bonds. The molecule has 0 aliphatic heterocycles. The number of aryl methyl sites for hydroxylation is 1. The molecule has 0 bridgehead atoms. The summed E-state index contributed by atoms with van der Waals surface area (Å²) in [6.07, 6.45) is 3.07. The van der Waals surface area contributed by atoms with Gasteiger partial charge in [0.1, 0.15) is 11.9 Å². The van der Waals surface area contributed by atoms with Gasteiger partial charge in [0.2, 0.25) is 11.9 Å². The maximum atomic E-state index is 11.5. The molecular weight excluding hydrogens is 176 g/mol. The van der Waals surface area contributed by atoms with Crippen molar-refractivity contribution >= 4 is 0 Å². The van der Waals surface area contributed by atoms with Gasteiger partial charge >= 0.3 is 0 Å². The lowest BCUT2D eigenvalue weighted by Crippen LogP contribution is -2.29. The third kappa shape index (κ3) is 1.57. The van der Waals surface area contributed by atoms with Gasteiger partial charge in [0.15, 0.2) is 0 Å². The van der Waals surface area contributed by atoms with Crippen LogP contribution in [0.4, 0.5) is 0 Å². The smallest absolute Gasteiger partial charge is 0.242 e. The Hall–Kier alpha value is -1.90. The molecule has 0 fully saturated rings. The second-order valence-corrected chi connectivity index (χ2v) is 3.11. The number of aromatic nitrogens is 2. The lowest BCUT2D eigenvalue weighted by atomic mass is 10.2. The molecule has 2 rings (SSSR count). The molecule has 2 aromatic rings. The summed E-state index contributed by atoms with van der Waals surface area (Å²) in [7, 11) is 0. The van der Waals surface area contributed by atoms with Crippen LogP contribution in [0.1, 0.15) is 5.69 Å². The first-order valence-electron chi connectivity index (χ1n) is 4.38. The fourth-order valence-electron chi connectivity index (χ4n) is 1.30. The van der Waals surface area contributed by atoms with Gasteiger partial charge in [-0.2, -0.15) is 4.73 Å². The minimum atomic E-state index is 0.580. The summed E-state index contributed by atoms with van der Waals surface area (Å²) in [6.45, 7) is 1.79. The van der Waals surface area contributed by atoms with Crippen LogP contribution in [-0.2, 0) is 0 Å². The molecule has 0 aliphatic carbocycles. The maximum Gasteiger partial charge on any atom is 0.242 e. The van der Waals surface area contributed by atoms with Crippen LogP contribution in [0.15, 0.2) is 42.7 Å². The molecule has 0 atom stereocenters. The van der Waals surface area contributed by atoms with Gasteiger partial charge in [0.25, 0.3) is 0 Å². The molecule has 1 aromatic heterocycles. The van der Waals surface area contributed by atoms with E-state index in [0.717, 1.165) is 16.0 Å². The molecule has 0 radical (unpaired) electrons. The van der Waals surface area contributed by atoms with E-state index in [1.54, 1.807) is 13.1 Å². The van der Waals surface area contributed by atoms with Crippen molar-refractivity contribution in [2.45, 2.75) is 6.92 Å². The van der Waals surface area contributed by atoms with Crippen LogP contribution >= 0.6 is 0 Å².